The summed E-state index contributed by atoms with van der Waals surface area (Å²) in [5, 5.41) is 1.12. The molecule has 0 fully saturated rings. The first-order chi connectivity index (χ1) is 13.2. The lowest BCUT2D eigenvalue weighted by atomic mass is 9.95. The lowest BCUT2D eigenvalue weighted by Crippen LogP contribution is -1.99. The molecule has 4 aromatic rings. The van der Waals surface area contributed by atoms with Gasteiger partial charge in [-0.3, -0.25) is 4.98 Å². The van der Waals surface area contributed by atoms with E-state index in [1.54, 1.807) is 0 Å². The summed E-state index contributed by atoms with van der Waals surface area (Å²) in [6, 6.07) is 23.0. The fraction of sp³-hybridized carbons (Fsp3) is 0.167. The second-order valence-electron chi connectivity index (χ2n) is 7.07. The van der Waals surface area contributed by atoms with Crippen molar-refractivity contribution < 1.29 is 0 Å². The van der Waals surface area contributed by atoms with Crippen molar-refractivity contribution in [1.82, 2.24) is 9.97 Å². The average Bonchev–Trinajstić information content (AvgIpc) is 2.73. The Balaban J connectivity index is 2.01. The maximum Gasteiger partial charge on any atom is 0.0788 e. The summed E-state index contributed by atoms with van der Waals surface area (Å²) in [6.45, 7) is 4.88. The van der Waals surface area contributed by atoms with E-state index >= 15 is 0 Å². The van der Waals surface area contributed by atoms with Crippen LogP contribution < -0.4 is 5.73 Å². The monoisotopic (exact) mass is 353 g/mol. The number of nitrogens with two attached hydrogens (primary N) is 1. The largest absolute Gasteiger partial charge is 0.326 e. The van der Waals surface area contributed by atoms with Crippen molar-refractivity contribution in [3.05, 3.63) is 84.2 Å². The van der Waals surface area contributed by atoms with Gasteiger partial charge in [-0.25, -0.2) is 4.98 Å². The van der Waals surface area contributed by atoms with Gasteiger partial charge in [0.15, 0.2) is 0 Å². The number of hydrogen-bond acceptors (Lipinski definition) is 3. The van der Waals surface area contributed by atoms with Gasteiger partial charge in [0.2, 0.25) is 0 Å². The number of nitrogens with zero attached hydrogens (tertiary/aromatic N) is 2. The van der Waals surface area contributed by atoms with E-state index in [0.717, 1.165) is 44.5 Å². The van der Waals surface area contributed by atoms with Gasteiger partial charge in [-0.15, -0.1) is 0 Å². The van der Waals surface area contributed by atoms with Crippen molar-refractivity contribution in [2.75, 3.05) is 0 Å². The van der Waals surface area contributed by atoms with Crippen molar-refractivity contribution in [3.8, 4) is 22.4 Å². The van der Waals surface area contributed by atoms with Crippen LogP contribution in [-0.4, -0.2) is 9.97 Å². The molecular weight excluding hydrogens is 330 g/mol. The highest BCUT2D eigenvalue weighted by Gasteiger charge is 2.15. The van der Waals surface area contributed by atoms with Crippen molar-refractivity contribution >= 4 is 10.9 Å². The van der Waals surface area contributed by atoms with Gasteiger partial charge in [0.1, 0.15) is 0 Å². The topological polar surface area (TPSA) is 51.8 Å². The smallest absolute Gasteiger partial charge is 0.0788 e. The fourth-order valence-electron chi connectivity index (χ4n) is 3.43. The lowest BCUT2D eigenvalue weighted by Gasteiger charge is -2.15. The Morgan fingerprint density at radius 1 is 0.889 bits per heavy atom. The minimum Gasteiger partial charge on any atom is -0.326 e. The number of benzene rings is 2. The summed E-state index contributed by atoms with van der Waals surface area (Å²) in [4.78, 5) is 9.66. The normalized spacial score (nSPS) is 11.3. The predicted octanol–water partition coefficient (Wildman–Crippen LogP) is 5.55. The predicted molar refractivity (Wildman–Crippen MR) is 112 cm³/mol. The third kappa shape index (κ3) is 3.34. The van der Waals surface area contributed by atoms with E-state index in [2.05, 4.69) is 73.4 Å². The van der Waals surface area contributed by atoms with E-state index in [9.17, 15) is 0 Å². The zero-order valence-electron chi connectivity index (χ0n) is 15.7. The molecule has 0 aliphatic heterocycles. The Bertz CT molecular complexity index is 1070. The molecule has 27 heavy (non-hydrogen) atoms. The first-order valence-electron chi connectivity index (χ1n) is 9.32. The van der Waals surface area contributed by atoms with Gasteiger partial charge in [0.05, 0.1) is 16.9 Å². The molecule has 0 saturated heterocycles. The first-order valence-corrected chi connectivity index (χ1v) is 9.32. The van der Waals surface area contributed by atoms with Crippen LogP contribution in [0.1, 0.15) is 31.0 Å². The molecule has 2 N–H and O–H groups in total. The number of aromatic nitrogens is 2. The second-order valence-corrected chi connectivity index (χ2v) is 7.07. The van der Waals surface area contributed by atoms with Gasteiger partial charge < -0.3 is 5.73 Å². The van der Waals surface area contributed by atoms with Gasteiger partial charge in [-0.1, -0.05) is 68.4 Å². The highest BCUT2D eigenvalue weighted by molar-refractivity contribution is 5.92. The first kappa shape index (κ1) is 17.4. The fourth-order valence-corrected chi connectivity index (χ4v) is 3.43. The molecule has 2 heterocycles. The van der Waals surface area contributed by atoms with Gasteiger partial charge >= 0.3 is 0 Å². The molecule has 0 spiro atoms. The highest BCUT2D eigenvalue weighted by Crippen LogP contribution is 2.35. The van der Waals surface area contributed by atoms with Crippen molar-refractivity contribution in [2.45, 2.75) is 26.3 Å². The average molecular weight is 353 g/mol. The summed E-state index contributed by atoms with van der Waals surface area (Å²) < 4.78 is 0. The van der Waals surface area contributed by atoms with Crippen LogP contribution >= 0.6 is 0 Å². The van der Waals surface area contributed by atoms with E-state index in [4.69, 9.17) is 10.7 Å². The number of rotatable bonds is 4. The van der Waals surface area contributed by atoms with E-state index < -0.39 is 0 Å². The number of pyridine rings is 2. The van der Waals surface area contributed by atoms with Crippen LogP contribution in [0.3, 0.4) is 0 Å². The summed E-state index contributed by atoms with van der Waals surface area (Å²) in [5.74, 6) is 0.341. The maximum absolute atomic E-state index is 5.76. The van der Waals surface area contributed by atoms with Gasteiger partial charge in [0.25, 0.3) is 0 Å². The van der Waals surface area contributed by atoms with Gasteiger partial charge in [0, 0.05) is 29.3 Å². The minimum atomic E-state index is 0.341. The Morgan fingerprint density at radius 3 is 2.30 bits per heavy atom. The molecule has 0 bridgehead atoms. The van der Waals surface area contributed by atoms with Crippen LogP contribution in [0.5, 0.6) is 0 Å². The summed E-state index contributed by atoms with van der Waals surface area (Å²) in [6.07, 6.45) is 1.86. The molecule has 2 aromatic carbocycles. The zero-order chi connectivity index (χ0) is 18.8. The number of hydrogen-bond donors (Lipinski definition) is 1. The van der Waals surface area contributed by atoms with Crippen LogP contribution in [-0.2, 0) is 6.54 Å². The van der Waals surface area contributed by atoms with Crippen LogP contribution in [0.4, 0.5) is 0 Å². The van der Waals surface area contributed by atoms with Crippen molar-refractivity contribution in [2.24, 2.45) is 5.73 Å². The van der Waals surface area contributed by atoms with Gasteiger partial charge in [-0.05, 0) is 29.2 Å². The molecule has 0 aliphatic carbocycles. The van der Waals surface area contributed by atoms with Crippen molar-refractivity contribution in [3.63, 3.8) is 0 Å². The molecule has 0 aliphatic rings. The molecule has 4 rings (SSSR count). The summed E-state index contributed by atoms with van der Waals surface area (Å²) in [7, 11) is 0. The molecule has 2 aromatic heterocycles. The van der Waals surface area contributed by atoms with Crippen LogP contribution in [0, 0.1) is 0 Å². The van der Waals surface area contributed by atoms with E-state index in [1.165, 1.54) is 0 Å². The Morgan fingerprint density at radius 2 is 1.63 bits per heavy atom. The molecular formula is C24H23N3. The highest BCUT2D eigenvalue weighted by atomic mass is 14.7. The molecule has 134 valence electrons. The Labute approximate surface area is 159 Å². The van der Waals surface area contributed by atoms with Gasteiger partial charge in [-0.2, -0.15) is 0 Å². The van der Waals surface area contributed by atoms with E-state index in [1.807, 2.05) is 18.3 Å². The quantitative estimate of drug-likeness (QED) is 0.523. The molecule has 0 radical (unpaired) electrons. The third-order valence-corrected chi connectivity index (χ3v) is 4.87. The van der Waals surface area contributed by atoms with E-state index in [-0.39, 0.29) is 0 Å². The molecule has 0 amide bonds. The van der Waals surface area contributed by atoms with Crippen LogP contribution in [0.15, 0.2) is 72.9 Å². The standard InChI is InChI=1S/C24H23N3/c1-16(2)23-21-14-20(18-6-4-3-5-7-18)24(27-22(21)12-13-26-23)19-10-8-17(15-25)9-11-19/h3-14,16H,15,25H2,1-2H3. The lowest BCUT2D eigenvalue weighted by molar-refractivity contribution is 0.834. The maximum atomic E-state index is 5.76. The molecule has 0 saturated carbocycles. The number of fused-ring (bicyclic) bond motifs is 1. The summed E-state index contributed by atoms with van der Waals surface area (Å²) in [5.41, 5.74) is 13.3. The van der Waals surface area contributed by atoms with E-state index in [0.29, 0.717) is 12.5 Å². The summed E-state index contributed by atoms with van der Waals surface area (Å²) >= 11 is 0. The minimum absolute atomic E-state index is 0.341. The second kappa shape index (κ2) is 7.29. The third-order valence-electron chi connectivity index (χ3n) is 4.87. The molecule has 3 heteroatoms. The Kier molecular flexibility index (Phi) is 4.69. The molecule has 0 atom stereocenters. The Hall–Kier alpha value is -3.04. The molecule has 3 nitrogen and oxygen atoms in total. The molecule has 0 unspecified atom stereocenters. The zero-order valence-corrected chi connectivity index (χ0v) is 15.7. The van der Waals surface area contributed by atoms with Crippen LogP contribution in [0.25, 0.3) is 33.3 Å². The van der Waals surface area contributed by atoms with Crippen LogP contribution in [0.2, 0.25) is 0 Å². The SMILES string of the molecule is CC(C)c1nccc2nc(-c3ccc(CN)cc3)c(-c3ccccc3)cc12. The van der Waals surface area contributed by atoms with Crippen molar-refractivity contribution in [1.29, 1.82) is 0 Å².